The van der Waals surface area contributed by atoms with Gasteiger partial charge < -0.3 is 4.74 Å². The number of Topliss-reactive ketones (excluding diaryl/α,β-unsaturated/α-hetero) is 1. The van der Waals surface area contributed by atoms with Crippen LogP contribution in [0.2, 0.25) is 0 Å². The number of carbonyl (C=O) groups excluding carboxylic acids is 2. The number of hydrogen-bond donors (Lipinski definition) is 1. The summed E-state index contributed by atoms with van der Waals surface area (Å²) >= 11 is 3.30. The second kappa shape index (κ2) is 6.34. The zero-order chi connectivity index (χ0) is 14.5. The molecule has 0 radical (unpaired) electrons. The first-order valence-electron chi connectivity index (χ1n) is 5.90. The number of benzene rings is 2. The molecule has 0 atom stereocenters. The lowest BCUT2D eigenvalue weighted by molar-refractivity contribution is 0.101. The summed E-state index contributed by atoms with van der Waals surface area (Å²) < 4.78 is 6.02. The number of anilines is 1. The molecule has 0 aliphatic heterocycles. The summed E-state index contributed by atoms with van der Waals surface area (Å²) in [6.07, 6.45) is -0.581. The standard InChI is InChI=1S/C15H12BrNO3/c1-10(18)11-2-6-13(7-3-11)17-15(19)20-14-8-4-12(16)5-9-14/h2-9H,1H3,(H,17,19). The molecule has 1 amide bonds. The molecular formula is C15H12BrNO3. The van der Waals surface area contributed by atoms with E-state index in [0.717, 1.165) is 4.47 Å². The molecule has 0 spiro atoms. The first-order chi connectivity index (χ1) is 9.54. The van der Waals surface area contributed by atoms with Gasteiger partial charge in [-0.3, -0.25) is 10.1 Å². The van der Waals surface area contributed by atoms with Crippen molar-refractivity contribution in [2.24, 2.45) is 0 Å². The Bertz CT molecular complexity index is 621. The van der Waals surface area contributed by atoms with Crippen LogP contribution in [0, 0.1) is 0 Å². The summed E-state index contributed by atoms with van der Waals surface area (Å²) in [6.45, 7) is 1.49. The lowest BCUT2D eigenvalue weighted by Crippen LogP contribution is -2.16. The molecule has 2 rings (SSSR count). The number of hydrogen-bond acceptors (Lipinski definition) is 3. The van der Waals surface area contributed by atoms with Crippen molar-refractivity contribution >= 4 is 33.5 Å². The number of halogens is 1. The van der Waals surface area contributed by atoms with E-state index in [1.54, 1.807) is 48.5 Å². The van der Waals surface area contributed by atoms with Gasteiger partial charge in [-0.2, -0.15) is 0 Å². The fraction of sp³-hybridized carbons (Fsp3) is 0.0667. The molecule has 0 heterocycles. The summed E-state index contributed by atoms with van der Waals surface area (Å²) in [5, 5.41) is 2.59. The van der Waals surface area contributed by atoms with E-state index in [2.05, 4.69) is 21.2 Å². The van der Waals surface area contributed by atoms with E-state index in [1.807, 2.05) is 0 Å². The molecule has 0 bridgehead atoms. The number of nitrogens with one attached hydrogen (secondary N) is 1. The Hall–Kier alpha value is -2.14. The van der Waals surface area contributed by atoms with Crippen LogP contribution >= 0.6 is 15.9 Å². The van der Waals surface area contributed by atoms with E-state index in [0.29, 0.717) is 17.0 Å². The van der Waals surface area contributed by atoms with Gasteiger partial charge in [-0.25, -0.2) is 4.79 Å². The van der Waals surface area contributed by atoms with E-state index in [1.165, 1.54) is 6.92 Å². The molecule has 5 heteroatoms. The Morgan fingerprint density at radius 3 is 2.15 bits per heavy atom. The number of ether oxygens (including phenoxy) is 1. The quantitative estimate of drug-likeness (QED) is 0.853. The van der Waals surface area contributed by atoms with Crippen LogP contribution < -0.4 is 10.1 Å². The van der Waals surface area contributed by atoms with Crippen LogP contribution in [0.4, 0.5) is 10.5 Å². The van der Waals surface area contributed by atoms with Gasteiger partial charge in [-0.15, -0.1) is 0 Å². The van der Waals surface area contributed by atoms with Crippen LogP contribution in [-0.2, 0) is 0 Å². The summed E-state index contributed by atoms with van der Waals surface area (Å²) in [7, 11) is 0. The van der Waals surface area contributed by atoms with Gasteiger partial charge in [0.2, 0.25) is 0 Å². The molecule has 0 aliphatic rings. The number of rotatable bonds is 3. The van der Waals surface area contributed by atoms with Crippen LogP contribution in [0.3, 0.4) is 0 Å². The van der Waals surface area contributed by atoms with Crippen LogP contribution in [-0.4, -0.2) is 11.9 Å². The van der Waals surface area contributed by atoms with E-state index >= 15 is 0 Å². The van der Waals surface area contributed by atoms with Gasteiger partial charge in [0.1, 0.15) is 5.75 Å². The van der Waals surface area contributed by atoms with Crippen molar-refractivity contribution in [1.82, 2.24) is 0 Å². The van der Waals surface area contributed by atoms with Gasteiger partial charge in [0.05, 0.1) is 0 Å². The maximum absolute atomic E-state index is 11.7. The molecule has 2 aromatic rings. The number of amides is 1. The monoisotopic (exact) mass is 333 g/mol. The predicted octanol–water partition coefficient (Wildman–Crippen LogP) is 4.26. The average molecular weight is 334 g/mol. The third-order valence-corrected chi connectivity index (χ3v) is 3.09. The minimum absolute atomic E-state index is 0.0195. The van der Waals surface area contributed by atoms with Gasteiger partial charge in [-0.1, -0.05) is 15.9 Å². The minimum atomic E-state index is -0.581. The normalized spacial score (nSPS) is 9.90. The summed E-state index contributed by atoms with van der Waals surface area (Å²) in [4.78, 5) is 22.8. The first-order valence-corrected chi connectivity index (χ1v) is 6.69. The SMILES string of the molecule is CC(=O)c1ccc(NC(=O)Oc2ccc(Br)cc2)cc1. The highest BCUT2D eigenvalue weighted by molar-refractivity contribution is 9.10. The number of ketones is 1. The van der Waals surface area contributed by atoms with E-state index < -0.39 is 6.09 Å². The van der Waals surface area contributed by atoms with E-state index in [9.17, 15) is 9.59 Å². The van der Waals surface area contributed by atoms with Crippen LogP contribution in [0.5, 0.6) is 5.75 Å². The molecule has 0 saturated heterocycles. The van der Waals surface area contributed by atoms with Crippen molar-refractivity contribution in [2.75, 3.05) is 5.32 Å². The molecule has 20 heavy (non-hydrogen) atoms. The van der Waals surface area contributed by atoms with Gasteiger partial charge in [0.15, 0.2) is 5.78 Å². The van der Waals surface area contributed by atoms with Crippen molar-refractivity contribution in [1.29, 1.82) is 0 Å². The smallest absolute Gasteiger partial charge is 0.410 e. The molecule has 0 aromatic heterocycles. The second-order valence-corrected chi connectivity index (χ2v) is 5.02. The summed E-state index contributed by atoms with van der Waals surface area (Å²) in [5.74, 6) is 0.431. The number of carbonyl (C=O) groups is 2. The molecule has 102 valence electrons. The lowest BCUT2D eigenvalue weighted by Gasteiger charge is -2.07. The molecular weight excluding hydrogens is 322 g/mol. The second-order valence-electron chi connectivity index (χ2n) is 4.10. The topological polar surface area (TPSA) is 55.4 Å². The highest BCUT2D eigenvalue weighted by atomic mass is 79.9. The van der Waals surface area contributed by atoms with Crippen molar-refractivity contribution in [3.05, 3.63) is 58.6 Å². The molecule has 0 saturated carbocycles. The van der Waals surface area contributed by atoms with Crippen molar-refractivity contribution in [2.45, 2.75) is 6.92 Å². The fourth-order valence-electron chi connectivity index (χ4n) is 1.54. The van der Waals surface area contributed by atoms with Crippen LogP contribution in [0.1, 0.15) is 17.3 Å². The molecule has 0 unspecified atom stereocenters. The summed E-state index contributed by atoms with van der Waals surface area (Å²) in [6, 6.07) is 13.5. The highest BCUT2D eigenvalue weighted by Gasteiger charge is 2.06. The van der Waals surface area contributed by atoms with Gasteiger partial charge in [-0.05, 0) is 55.5 Å². The third kappa shape index (κ3) is 3.93. The van der Waals surface area contributed by atoms with Crippen LogP contribution in [0.15, 0.2) is 53.0 Å². The maximum atomic E-state index is 11.7. The largest absolute Gasteiger partial charge is 0.417 e. The Labute approximate surface area is 124 Å². The Kier molecular flexibility index (Phi) is 4.53. The van der Waals surface area contributed by atoms with Crippen LogP contribution in [0.25, 0.3) is 0 Å². The van der Waals surface area contributed by atoms with E-state index in [-0.39, 0.29) is 5.78 Å². The third-order valence-electron chi connectivity index (χ3n) is 2.56. The van der Waals surface area contributed by atoms with Crippen molar-refractivity contribution < 1.29 is 14.3 Å². The summed E-state index contributed by atoms with van der Waals surface area (Å²) in [5.41, 5.74) is 1.16. The Morgan fingerprint density at radius 2 is 1.60 bits per heavy atom. The van der Waals surface area contributed by atoms with Crippen molar-refractivity contribution in [3.63, 3.8) is 0 Å². The van der Waals surface area contributed by atoms with Crippen molar-refractivity contribution in [3.8, 4) is 5.75 Å². The first kappa shape index (κ1) is 14.3. The van der Waals surface area contributed by atoms with E-state index in [4.69, 9.17) is 4.74 Å². The van der Waals surface area contributed by atoms with Gasteiger partial charge in [0.25, 0.3) is 0 Å². The van der Waals surface area contributed by atoms with Gasteiger partial charge >= 0.3 is 6.09 Å². The zero-order valence-corrected chi connectivity index (χ0v) is 12.3. The Morgan fingerprint density at radius 1 is 1.00 bits per heavy atom. The fourth-order valence-corrected chi connectivity index (χ4v) is 1.81. The lowest BCUT2D eigenvalue weighted by atomic mass is 10.1. The zero-order valence-electron chi connectivity index (χ0n) is 10.7. The minimum Gasteiger partial charge on any atom is -0.410 e. The Balaban J connectivity index is 1.97. The highest BCUT2D eigenvalue weighted by Crippen LogP contribution is 2.17. The average Bonchev–Trinajstić information content (AvgIpc) is 2.42. The molecule has 2 aromatic carbocycles. The molecule has 4 nitrogen and oxygen atoms in total. The molecule has 0 fully saturated rings. The molecule has 1 N–H and O–H groups in total. The maximum Gasteiger partial charge on any atom is 0.417 e. The van der Waals surface area contributed by atoms with Gasteiger partial charge in [0, 0.05) is 15.7 Å². The predicted molar refractivity (Wildman–Crippen MR) is 80.2 cm³/mol. The molecule has 0 aliphatic carbocycles.